The van der Waals surface area contributed by atoms with Crippen molar-refractivity contribution in [3.05, 3.63) is 11.9 Å². The number of nitrogen functional groups attached to an aromatic ring is 1. The number of hydrazine groups is 1. The van der Waals surface area contributed by atoms with E-state index in [4.69, 9.17) is 5.84 Å². The van der Waals surface area contributed by atoms with Crippen molar-refractivity contribution >= 4 is 5.91 Å². The fourth-order valence-corrected chi connectivity index (χ4v) is 2.97. The van der Waals surface area contributed by atoms with Crippen LogP contribution >= 0.6 is 0 Å². The average molecular weight is 294 g/mol. The number of hydrogen-bond acceptors (Lipinski definition) is 5. The molecule has 1 aromatic rings. The zero-order valence-corrected chi connectivity index (χ0v) is 12.8. The summed E-state index contributed by atoms with van der Waals surface area (Å²) in [7, 11) is 0. The van der Waals surface area contributed by atoms with Gasteiger partial charge >= 0.3 is 0 Å². The summed E-state index contributed by atoms with van der Waals surface area (Å²) in [6.07, 6.45) is 8.22. The lowest BCUT2D eigenvalue weighted by Crippen LogP contribution is -2.30. The second-order valence-corrected chi connectivity index (χ2v) is 5.77. The van der Waals surface area contributed by atoms with E-state index in [-0.39, 0.29) is 5.69 Å². The van der Waals surface area contributed by atoms with Crippen molar-refractivity contribution in [3.8, 4) is 0 Å². The summed E-state index contributed by atoms with van der Waals surface area (Å²) in [5, 5.41) is 7.77. The molecule has 0 radical (unpaired) electrons. The number of amides is 1. The summed E-state index contributed by atoms with van der Waals surface area (Å²) >= 11 is 0. The Morgan fingerprint density at radius 2 is 2.29 bits per heavy atom. The predicted molar refractivity (Wildman–Crippen MR) is 80.4 cm³/mol. The number of aromatic nitrogens is 3. The smallest absolute Gasteiger partial charge is 0.287 e. The van der Waals surface area contributed by atoms with Crippen LogP contribution in [0.15, 0.2) is 6.20 Å². The van der Waals surface area contributed by atoms with Crippen molar-refractivity contribution in [2.45, 2.75) is 45.6 Å². The number of hydrogen-bond donors (Lipinski definition) is 2. The summed E-state index contributed by atoms with van der Waals surface area (Å²) in [6.45, 7) is 6.29. The highest BCUT2D eigenvalue weighted by atomic mass is 16.2. The molecular weight excluding hydrogens is 268 g/mol. The van der Waals surface area contributed by atoms with Crippen LogP contribution in [-0.2, 0) is 6.54 Å². The summed E-state index contributed by atoms with van der Waals surface area (Å²) in [5.41, 5.74) is 2.32. The zero-order valence-electron chi connectivity index (χ0n) is 12.8. The van der Waals surface area contributed by atoms with E-state index in [1.807, 2.05) is 0 Å². The lowest BCUT2D eigenvalue weighted by Gasteiger charge is -2.19. The van der Waals surface area contributed by atoms with Gasteiger partial charge in [0.1, 0.15) is 0 Å². The summed E-state index contributed by atoms with van der Waals surface area (Å²) < 4.78 is 1.71. The molecule has 118 valence electrons. The minimum absolute atomic E-state index is 0.261. The van der Waals surface area contributed by atoms with E-state index < -0.39 is 5.91 Å². The fourth-order valence-electron chi connectivity index (χ4n) is 2.97. The van der Waals surface area contributed by atoms with Gasteiger partial charge in [-0.15, -0.1) is 5.10 Å². The molecule has 3 N–H and O–H groups in total. The van der Waals surface area contributed by atoms with Gasteiger partial charge in [-0.1, -0.05) is 25.0 Å². The molecule has 1 unspecified atom stereocenters. The van der Waals surface area contributed by atoms with E-state index >= 15 is 0 Å². The van der Waals surface area contributed by atoms with Gasteiger partial charge in [-0.25, -0.2) is 5.84 Å². The second kappa shape index (κ2) is 8.09. The number of nitrogens with two attached hydrogens (primary N) is 1. The number of nitrogens with zero attached hydrogens (tertiary/aromatic N) is 4. The molecule has 1 aliphatic heterocycles. The van der Waals surface area contributed by atoms with Crippen LogP contribution in [0, 0.1) is 5.92 Å². The molecule has 0 aromatic carbocycles. The average Bonchev–Trinajstić information content (AvgIpc) is 2.86. The Balaban J connectivity index is 1.77. The lowest BCUT2D eigenvalue weighted by molar-refractivity contribution is 0.0948. The van der Waals surface area contributed by atoms with Crippen LogP contribution in [0.1, 0.15) is 49.5 Å². The first-order valence-corrected chi connectivity index (χ1v) is 7.86. The molecule has 1 fully saturated rings. The zero-order chi connectivity index (χ0) is 15.1. The summed E-state index contributed by atoms with van der Waals surface area (Å²) in [6, 6.07) is 0. The highest BCUT2D eigenvalue weighted by Crippen LogP contribution is 2.21. The number of carbonyl (C=O) groups excluding carboxylic acids is 1. The van der Waals surface area contributed by atoms with Crippen molar-refractivity contribution in [2.75, 3.05) is 19.6 Å². The van der Waals surface area contributed by atoms with Gasteiger partial charge < -0.3 is 4.90 Å². The molecule has 2 rings (SSSR count). The molecule has 0 aliphatic carbocycles. The predicted octanol–water partition coefficient (Wildman–Crippen LogP) is 0.784. The van der Waals surface area contributed by atoms with Crippen LogP contribution < -0.4 is 11.3 Å². The van der Waals surface area contributed by atoms with Crippen LogP contribution in [0.5, 0.6) is 0 Å². The van der Waals surface area contributed by atoms with Crippen molar-refractivity contribution in [1.29, 1.82) is 0 Å². The molecule has 1 amide bonds. The van der Waals surface area contributed by atoms with Gasteiger partial charge in [-0.3, -0.25) is 14.9 Å². The molecule has 1 saturated heterocycles. The third-order valence-electron chi connectivity index (χ3n) is 4.18. The van der Waals surface area contributed by atoms with Crippen molar-refractivity contribution in [2.24, 2.45) is 11.8 Å². The first-order valence-electron chi connectivity index (χ1n) is 7.86. The lowest BCUT2D eigenvalue weighted by atomic mass is 9.96. The fraction of sp³-hybridized carbons (Fsp3) is 0.786. The third kappa shape index (κ3) is 4.78. The van der Waals surface area contributed by atoms with Gasteiger partial charge in [-0.05, 0) is 38.3 Å². The van der Waals surface area contributed by atoms with E-state index in [9.17, 15) is 4.79 Å². The van der Waals surface area contributed by atoms with Crippen LogP contribution in [0.4, 0.5) is 0 Å². The Labute approximate surface area is 125 Å². The molecule has 7 heteroatoms. The molecule has 0 bridgehead atoms. The maximum Gasteiger partial charge on any atom is 0.287 e. The SMILES string of the molecule is CCCC1CCCN(CCn2cc(C(=O)NN)nn2)CC1. The third-order valence-corrected chi connectivity index (χ3v) is 4.18. The largest absolute Gasteiger partial charge is 0.301 e. The molecule has 0 spiro atoms. The van der Waals surface area contributed by atoms with Crippen LogP contribution in [0.2, 0.25) is 0 Å². The highest BCUT2D eigenvalue weighted by molar-refractivity contribution is 5.91. The van der Waals surface area contributed by atoms with Gasteiger partial charge in [0.25, 0.3) is 5.91 Å². The Morgan fingerprint density at radius 3 is 3.05 bits per heavy atom. The van der Waals surface area contributed by atoms with Crippen LogP contribution in [0.3, 0.4) is 0 Å². The van der Waals surface area contributed by atoms with E-state index in [0.29, 0.717) is 0 Å². The molecule has 1 aromatic heterocycles. The van der Waals surface area contributed by atoms with E-state index in [0.717, 1.165) is 32.1 Å². The minimum Gasteiger partial charge on any atom is -0.301 e. The molecular formula is C14H26N6O. The molecule has 2 heterocycles. The second-order valence-electron chi connectivity index (χ2n) is 5.77. The summed E-state index contributed by atoms with van der Waals surface area (Å²) in [5.74, 6) is 5.56. The maximum absolute atomic E-state index is 11.3. The van der Waals surface area contributed by atoms with Gasteiger partial charge in [0.2, 0.25) is 0 Å². The number of carbonyl (C=O) groups is 1. The summed E-state index contributed by atoms with van der Waals surface area (Å²) in [4.78, 5) is 13.8. The van der Waals surface area contributed by atoms with Crippen molar-refractivity contribution < 1.29 is 4.79 Å². The first-order chi connectivity index (χ1) is 10.2. The van der Waals surface area contributed by atoms with Crippen LogP contribution in [-0.4, -0.2) is 45.4 Å². The van der Waals surface area contributed by atoms with Gasteiger partial charge in [0.05, 0.1) is 12.7 Å². The quantitative estimate of drug-likeness (QED) is 0.460. The normalized spacial score (nSPS) is 20.2. The Hall–Kier alpha value is -1.47. The van der Waals surface area contributed by atoms with E-state index in [1.54, 1.807) is 10.9 Å². The number of rotatable bonds is 6. The maximum atomic E-state index is 11.3. The molecule has 21 heavy (non-hydrogen) atoms. The van der Waals surface area contributed by atoms with Crippen molar-refractivity contribution in [1.82, 2.24) is 25.3 Å². The Kier molecular flexibility index (Phi) is 6.13. The first kappa shape index (κ1) is 15.9. The topological polar surface area (TPSA) is 89.1 Å². The highest BCUT2D eigenvalue weighted by Gasteiger charge is 2.16. The number of nitrogens with one attached hydrogen (secondary N) is 1. The van der Waals surface area contributed by atoms with Crippen LogP contribution in [0.25, 0.3) is 0 Å². The van der Waals surface area contributed by atoms with E-state index in [1.165, 1.54) is 32.1 Å². The number of likely N-dealkylation sites (tertiary alicyclic amines) is 1. The van der Waals surface area contributed by atoms with Gasteiger partial charge in [0.15, 0.2) is 5.69 Å². The Bertz CT molecular complexity index is 446. The molecule has 1 atom stereocenters. The minimum atomic E-state index is -0.404. The monoisotopic (exact) mass is 294 g/mol. The van der Waals surface area contributed by atoms with Gasteiger partial charge in [-0.2, -0.15) is 0 Å². The Morgan fingerprint density at radius 1 is 1.43 bits per heavy atom. The van der Waals surface area contributed by atoms with Gasteiger partial charge in [0, 0.05) is 6.54 Å². The standard InChI is InChI=1S/C14H26N6O/c1-2-4-12-5-3-7-19(8-6-12)9-10-20-11-13(17-18-20)14(21)16-15/h11-12H,2-10,15H2,1H3,(H,16,21). The molecule has 1 aliphatic rings. The van der Waals surface area contributed by atoms with Crippen molar-refractivity contribution in [3.63, 3.8) is 0 Å². The molecule has 7 nitrogen and oxygen atoms in total. The van der Waals surface area contributed by atoms with E-state index in [2.05, 4.69) is 27.6 Å². The molecule has 0 saturated carbocycles.